The smallest absolute Gasteiger partial charge is 0.253 e. The van der Waals surface area contributed by atoms with E-state index in [1.54, 1.807) is 4.90 Å². The van der Waals surface area contributed by atoms with Gasteiger partial charge in [-0.05, 0) is 37.4 Å². The van der Waals surface area contributed by atoms with Gasteiger partial charge in [0.25, 0.3) is 5.56 Å². The number of pyridine rings is 1. The van der Waals surface area contributed by atoms with Crippen LogP contribution in [0.25, 0.3) is 10.9 Å². The molecule has 1 amide bonds. The molecule has 2 aromatic rings. The maximum Gasteiger partial charge on any atom is 0.253 e. The van der Waals surface area contributed by atoms with E-state index in [0.29, 0.717) is 18.7 Å². The molecule has 0 aliphatic carbocycles. The molecule has 0 unspecified atom stereocenters. The lowest BCUT2D eigenvalue weighted by molar-refractivity contribution is -0.134. The molecule has 0 saturated heterocycles. The number of H-pyrrole nitrogens is 1. The van der Waals surface area contributed by atoms with Crippen molar-refractivity contribution in [2.75, 3.05) is 6.54 Å². The predicted molar refractivity (Wildman–Crippen MR) is 85.2 cm³/mol. The largest absolute Gasteiger partial charge is 0.338 e. The molecule has 21 heavy (non-hydrogen) atoms. The van der Waals surface area contributed by atoms with Crippen LogP contribution in [0.4, 0.5) is 0 Å². The minimum Gasteiger partial charge on any atom is -0.338 e. The maximum absolute atomic E-state index is 12.2. The number of rotatable bonds is 4. The molecule has 1 N–H and O–H groups in total. The summed E-state index contributed by atoms with van der Waals surface area (Å²) in [6.07, 6.45) is 0. The summed E-state index contributed by atoms with van der Waals surface area (Å²) in [4.78, 5) is 28.9. The monoisotopic (exact) mass is 286 g/mol. The standard InChI is InChI=1S/C17H22N2O2/c1-5-19(17(21)11(2)3)10-14-9-13-8-12(4)6-7-15(13)18-16(14)20/h6-9,11H,5,10H2,1-4H3,(H,18,20). The Morgan fingerprint density at radius 2 is 2.00 bits per heavy atom. The average molecular weight is 286 g/mol. The Labute approximate surface area is 124 Å². The number of hydrogen-bond acceptors (Lipinski definition) is 2. The van der Waals surface area contributed by atoms with Gasteiger partial charge in [-0.1, -0.05) is 25.5 Å². The molecule has 4 heteroatoms. The fourth-order valence-electron chi connectivity index (χ4n) is 2.41. The lowest BCUT2D eigenvalue weighted by Crippen LogP contribution is -2.35. The normalized spacial score (nSPS) is 11.1. The van der Waals surface area contributed by atoms with Gasteiger partial charge in [-0.15, -0.1) is 0 Å². The lowest BCUT2D eigenvalue weighted by Gasteiger charge is -2.22. The van der Waals surface area contributed by atoms with Crippen LogP contribution in [0.2, 0.25) is 0 Å². The number of aromatic nitrogens is 1. The number of aryl methyl sites for hydroxylation is 1. The summed E-state index contributed by atoms with van der Waals surface area (Å²) in [5.74, 6) is 0.00738. The van der Waals surface area contributed by atoms with Crippen LogP contribution in [0.15, 0.2) is 29.1 Å². The van der Waals surface area contributed by atoms with Gasteiger partial charge in [0.05, 0.1) is 6.54 Å². The first-order valence-corrected chi connectivity index (χ1v) is 7.33. The number of benzene rings is 1. The van der Waals surface area contributed by atoms with Crippen LogP contribution in [-0.2, 0) is 11.3 Å². The Morgan fingerprint density at radius 3 is 2.62 bits per heavy atom. The minimum absolute atomic E-state index is 0.0632. The van der Waals surface area contributed by atoms with Crippen molar-refractivity contribution in [2.24, 2.45) is 5.92 Å². The lowest BCUT2D eigenvalue weighted by atomic mass is 10.1. The fraction of sp³-hybridized carbons (Fsp3) is 0.412. The molecule has 1 aromatic carbocycles. The number of nitrogens with one attached hydrogen (secondary N) is 1. The van der Waals surface area contributed by atoms with Gasteiger partial charge in [0.1, 0.15) is 0 Å². The van der Waals surface area contributed by atoms with Crippen LogP contribution in [0.3, 0.4) is 0 Å². The first-order valence-electron chi connectivity index (χ1n) is 7.33. The third kappa shape index (κ3) is 3.32. The topological polar surface area (TPSA) is 53.2 Å². The molecule has 1 aromatic heterocycles. The second-order valence-corrected chi connectivity index (χ2v) is 5.72. The molecular formula is C17H22N2O2. The quantitative estimate of drug-likeness (QED) is 0.939. The van der Waals surface area contributed by atoms with Crippen LogP contribution in [0.1, 0.15) is 31.9 Å². The molecule has 4 nitrogen and oxygen atoms in total. The molecular weight excluding hydrogens is 264 g/mol. The highest BCUT2D eigenvalue weighted by molar-refractivity contribution is 5.80. The van der Waals surface area contributed by atoms with E-state index in [2.05, 4.69) is 4.98 Å². The van der Waals surface area contributed by atoms with Crippen molar-refractivity contribution in [1.29, 1.82) is 0 Å². The van der Waals surface area contributed by atoms with E-state index in [1.807, 2.05) is 52.0 Å². The molecule has 0 aliphatic heterocycles. The second-order valence-electron chi connectivity index (χ2n) is 5.72. The predicted octanol–water partition coefficient (Wildman–Crippen LogP) is 2.84. The van der Waals surface area contributed by atoms with Crippen LogP contribution in [0, 0.1) is 12.8 Å². The molecule has 0 bridgehead atoms. The number of hydrogen-bond donors (Lipinski definition) is 1. The van der Waals surface area contributed by atoms with Crippen molar-refractivity contribution in [3.8, 4) is 0 Å². The summed E-state index contributed by atoms with van der Waals surface area (Å²) < 4.78 is 0. The van der Waals surface area contributed by atoms with Crippen molar-refractivity contribution >= 4 is 16.8 Å². The van der Waals surface area contributed by atoms with Gasteiger partial charge in [0.2, 0.25) is 5.91 Å². The van der Waals surface area contributed by atoms with Crippen LogP contribution in [0.5, 0.6) is 0 Å². The molecule has 0 radical (unpaired) electrons. The van der Waals surface area contributed by atoms with E-state index in [0.717, 1.165) is 16.5 Å². The molecule has 0 atom stereocenters. The second kappa shape index (κ2) is 6.12. The summed E-state index contributed by atoms with van der Waals surface area (Å²) in [7, 11) is 0. The zero-order valence-electron chi connectivity index (χ0n) is 13.1. The third-order valence-electron chi connectivity index (χ3n) is 3.63. The fourth-order valence-corrected chi connectivity index (χ4v) is 2.41. The Morgan fingerprint density at radius 1 is 1.29 bits per heavy atom. The van der Waals surface area contributed by atoms with E-state index in [-0.39, 0.29) is 17.4 Å². The van der Waals surface area contributed by atoms with Crippen LogP contribution in [-0.4, -0.2) is 22.3 Å². The van der Waals surface area contributed by atoms with Gasteiger partial charge in [0, 0.05) is 23.5 Å². The third-order valence-corrected chi connectivity index (χ3v) is 3.63. The zero-order chi connectivity index (χ0) is 15.6. The van der Waals surface area contributed by atoms with Gasteiger partial charge in [-0.25, -0.2) is 0 Å². The van der Waals surface area contributed by atoms with Crippen molar-refractivity contribution in [1.82, 2.24) is 9.88 Å². The van der Waals surface area contributed by atoms with Crippen LogP contribution < -0.4 is 5.56 Å². The molecule has 0 fully saturated rings. The molecule has 0 aliphatic rings. The molecule has 1 heterocycles. The van der Waals surface area contributed by atoms with E-state index < -0.39 is 0 Å². The molecule has 2 rings (SSSR count). The highest BCUT2D eigenvalue weighted by Gasteiger charge is 2.17. The van der Waals surface area contributed by atoms with E-state index >= 15 is 0 Å². The Bertz CT molecular complexity index is 716. The highest BCUT2D eigenvalue weighted by atomic mass is 16.2. The summed E-state index contributed by atoms with van der Waals surface area (Å²) >= 11 is 0. The first-order chi connectivity index (χ1) is 9.92. The maximum atomic E-state index is 12.2. The first kappa shape index (κ1) is 15.3. The van der Waals surface area contributed by atoms with E-state index in [9.17, 15) is 9.59 Å². The number of carbonyl (C=O) groups is 1. The van der Waals surface area contributed by atoms with Crippen molar-refractivity contribution < 1.29 is 4.79 Å². The zero-order valence-corrected chi connectivity index (χ0v) is 13.1. The van der Waals surface area contributed by atoms with E-state index in [4.69, 9.17) is 0 Å². The van der Waals surface area contributed by atoms with Crippen molar-refractivity contribution in [2.45, 2.75) is 34.2 Å². The Balaban J connectivity index is 2.39. The number of fused-ring (bicyclic) bond motifs is 1. The molecule has 0 spiro atoms. The van der Waals surface area contributed by atoms with E-state index in [1.165, 1.54) is 0 Å². The summed E-state index contributed by atoms with van der Waals surface area (Å²) in [6, 6.07) is 7.80. The summed E-state index contributed by atoms with van der Waals surface area (Å²) in [6.45, 7) is 8.65. The Kier molecular flexibility index (Phi) is 4.46. The number of amides is 1. The van der Waals surface area contributed by atoms with Gasteiger partial charge in [-0.3, -0.25) is 9.59 Å². The van der Waals surface area contributed by atoms with Gasteiger partial charge < -0.3 is 9.88 Å². The summed E-state index contributed by atoms with van der Waals surface area (Å²) in [5.41, 5.74) is 2.48. The van der Waals surface area contributed by atoms with Gasteiger partial charge in [-0.2, -0.15) is 0 Å². The van der Waals surface area contributed by atoms with Crippen molar-refractivity contribution in [3.63, 3.8) is 0 Å². The average Bonchev–Trinajstić information content (AvgIpc) is 2.44. The number of carbonyl (C=O) groups excluding carboxylic acids is 1. The molecule has 0 saturated carbocycles. The molecule has 112 valence electrons. The van der Waals surface area contributed by atoms with Gasteiger partial charge >= 0.3 is 0 Å². The number of nitrogens with zero attached hydrogens (tertiary/aromatic N) is 1. The highest BCUT2D eigenvalue weighted by Crippen LogP contribution is 2.14. The number of aromatic amines is 1. The summed E-state index contributed by atoms with van der Waals surface area (Å²) in [5, 5.41) is 0.998. The van der Waals surface area contributed by atoms with Crippen LogP contribution >= 0.6 is 0 Å². The SMILES string of the molecule is CCN(Cc1cc2cc(C)ccc2[nH]c1=O)C(=O)C(C)C. The van der Waals surface area contributed by atoms with Gasteiger partial charge in [0.15, 0.2) is 0 Å². The van der Waals surface area contributed by atoms with Crippen molar-refractivity contribution in [3.05, 3.63) is 45.7 Å². The Hall–Kier alpha value is -2.10. The minimum atomic E-state index is -0.124.